The van der Waals surface area contributed by atoms with Gasteiger partial charge in [0.25, 0.3) is 0 Å². The van der Waals surface area contributed by atoms with Crippen molar-refractivity contribution in [3.05, 3.63) is 0 Å². The van der Waals surface area contributed by atoms with Gasteiger partial charge in [-0.15, -0.1) is 0 Å². The van der Waals surface area contributed by atoms with Gasteiger partial charge in [-0.3, -0.25) is 9.59 Å². The highest BCUT2D eigenvalue weighted by atomic mass is 16.5. The molecule has 0 bridgehead atoms. The van der Waals surface area contributed by atoms with E-state index in [1.165, 1.54) is 14.2 Å². The van der Waals surface area contributed by atoms with E-state index in [1.54, 1.807) is 0 Å². The molecule has 0 aromatic heterocycles. The molecule has 0 spiro atoms. The lowest BCUT2D eigenvalue weighted by Crippen LogP contribution is -2.45. The Morgan fingerprint density at radius 1 is 1.11 bits per heavy atom. The van der Waals surface area contributed by atoms with E-state index in [0.29, 0.717) is 0 Å². The van der Waals surface area contributed by atoms with E-state index < -0.39 is 18.0 Å². The normalized spacial score (nSPS) is 13.3. The molecule has 0 aliphatic heterocycles. The van der Waals surface area contributed by atoms with Gasteiger partial charge in [0.15, 0.2) is 0 Å². The molecule has 0 heterocycles. The van der Waals surface area contributed by atoms with Gasteiger partial charge in [-0.05, 0) is 5.92 Å². The first-order valence-electron chi connectivity index (χ1n) is 5.90. The molecule has 0 radical (unpaired) electrons. The number of esters is 2. The van der Waals surface area contributed by atoms with Crippen molar-refractivity contribution in [3.8, 4) is 0 Å². The quantitative estimate of drug-likeness (QED) is 0.679. The molecule has 104 valence electrons. The second kappa shape index (κ2) is 8.49. The van der Waals surface area contributed by atoms with E-state index in [0.717, 1.165) is 6.42 Å². The monoisotopic (exact) mass is 259 g/mol. The number of hydrogen-bond donors (Lipinski definition) is 1. The predicted molar refractivity (Wildman–Crippen MR) is 64.7 cm³/mol. The summed E-state index contributed by atoms with van der Waals surface area (Å²) in [5.41, 5.74) is 0. The number of rotatable bonds is 7. The molecule has 6 heteroatoms. The number of nitrogens with one attached hydrogen (secondary N) is 1. The van der Waals surface area contributed by atoms with Crippen LogP contribution < -0.4 is 5.32 Å². The Morgan fingerprint density at radius 2 is 1.72 bits per heavy atom. The molecule has 18 heavy (non-hydrogen) atoms. The van der Waals surface area contributed by atoms with Crippen molar-refractivity contribution in [2.24, 2.45) is 5.92 Å². The van der Waals surface area contributed by atoms with Crippen LogP contribution in [0.25, 0.3) is 0 Å². The number of carbonyl (C=O) groups excluding carboxylic acids is 3. The summed E-state index contributed by atoms with van der Waals surface area (Å²) in [5, 5.41) is 2.58. The maximum absolute atomic E-state index is 11.6. The summed E-state index contributed by atoms with van der Waals surface area (Å²) in [5.74, 6) is -1.32. The van der Waals surface area contributed by atoms with Crippen LogP contribution in [-0.2, 0) is 23.9 Å². The second-order valence-electron chi connectivity index (χ2n) is 4.03. The lowest BCUT2D eigenvalue weighted by atomic mass is 9.99. The molecule has 1 N–H and O–H groups in total. The molecule has 0 saturated heterocycles. The molecule has 0 fully saturated rings. The zero-order valence-electron chi connectivity index (χ0n) is 11.3. The molecule has 0 saturated carbocycles. The van der Waals surface area contributed by atoms with Crippen LogP contribution in [0.2, 0.25) is 0 Å². The topological polar surface area (TPSA) is 81.7 Å². The summed E-state index contributed by atoms with van der Waals surface area (Å²) in [6.45, 7) is 3.77. The third-order valence-corrected chi connectivity index (χ3v) is 2.77. The first-order valence-corrected chi connectivity index (χ1v) is 5.90. The van der Waals surface area contributed by atoms with Gasteiger partial charge in [0.05, 0.1) is 20.6 Å². The number of carbonyl (C=O) groups is 3. The summed E-state index contributed by atoms with van der Waals surface area (Å²) >= 11 is 0. The summed E-state index contributed by atoms with van der Waals surface area (Å²) in [4.78, 5) is 34.0. The summed E-state index contributed by atoms with van der Waals surface area (Å²) in [6, 6.07) is -0.676. The highest BCUT2D eigenvalue weighted by Crippen LogP contribution is 2.09. The summed E-state index contributed by atoms with van der Waals surface area (Å²) in [6.07, 6.45) is 0.727. The number of methoxy groups -OCH3 is 2. The van der Waals surface area contributed by atoms with Crippen molar-refractivity contribution in [1.82, 2.24) is 5.32 Å². The van der Waals surface area contributed by atoms with Crippen LogP contribution in [0.1, 0.15) is 33.1 Å². The minimum absolute atomic E-state index is 0.00324. The van der Waals surface area contributed by atoms with E-state index in [4.69, 9.17) is 0 Å². The summed E-state index contributed by atoms with van der Waals surface area (Å²) < 4.78 is 9.07. The van der Waals surface area contributed by atoms with Crippen LogP contribution in [0.5, 0.6) is 0 Å². The van der Waals surface area contributed by atoms with Crippen molar-refractivity contribution in [2.75, 3.05) is 14.2 Å². The Hall–Kier alpha value is -1.59. The Labute approximate surface area is 107 Å². The van der Waals surface area contributed by atoms with Crippen LogP contribution in [-0.4, -0.2) is 38.1 Å². The molecule has 0 aliphatic rings. The fraction of sp³-hybridized carbons (Fsp3) is 0.750. The van der Waals surface area contributed by atoms with Crippen molar-refractivity contribution < 1.29 is 23.9 Å². The Kier molecular flexibility index (Phi) is 7.74. The van der Waals surface area contributed by atoms with Crippen LogP contribution >= 0.6 is 0 Å². The second-order valence-corrected chi connectivity index (χ2v) is 4.03. The first kappa shape index (κ1) is 16.4. The van der Waals surface area contributed by atoms with Crippen molar-refractivity contribution >= 4 is 17.8 Å². The van der Waals surface area contributed by atoms with E-state index in [-0.39, 0.29) is 24.7 Å². The lowest BCUT2D eigenvalue weighted by molar-refractivity contribution is -0.146. The predicted octanol–water partition coefficient (Wildman–Crippen LogP) is 0.643. The zero-order valence-corrected chi connectivity index (χ0v) is 11.3. The number of ether oxygens (including phenoxy) is 2. The van der Waals surface area contributed by atoms with E-state index in [1.807, 2.05) is 13.8 Å². The van der Waals surface area contributed by atoms with Crippen LogP contribution in [0.4, 0.5) is 0 Å². The van der Waals surface area contributed by atoms with Gasteiger partial charge in [0.2, 0.25) is 5.91 Å². The largest absolute Gasteiger partial charge is 0.469 e. The SMILES string of the molecule is CC[C@H](C)[C@H](NC(=O)CCC(=O)OC)C(=O)OC. The number of hydrogen-bond acceptors (Lipinski definition) is 5. The standard InChI is InChI=1S/C12H21NO5/c1-5-8(2)11(12(16)18-4)13-9(14)6-7-10(15)17-3/h8,11H,5-7H2,1-4H3,(H,13,14)/t8-,11-/m0/s1. The van der Waals surface area contributed by atoms with E-state index >= 15 is 0 Å². The van der Waals surface area contributed by atoms with Gasteiger partial charge < -0.3 is 14.8 Å². The van der Waals surface area contributed by atoms with Crippen LogP contribution in [0.15, 0.2) is 0 Å². The van der Waals surface area contributed by atoms with E-state index in [9.17, 15) is 14.4 Å². The average Bonchev–Trinajstić information content (AvgIpc) is 2.40. The molecule has 0 unspecified atom stereocenters. The average molecular weight is 259 g/mol. The maximum Gasteiger partial charge on any atom is 0.328 e. The first-order chi connectivity index (χ1) is 8.46. The fourth-order valence-electron chi connectivity index (χ4n) is 1.36. The molecular weight excluding hydrogens is 238 g/mol. The van der Waals surface area contributed by atoms with Gasteiger partial charge >= 0.3 is 11.9 Å². The van der Waals surface area contributed by atoms with Crippen molar-refractivity contribution in [1.29, 1.82) is 0 Å². The molecule has 0 aromatic carbocycles. The molecule has 2 atom stereocenters. The maximum atomic E-state index is 11.6. The molecule has 0 aromatic rings. The summed E-state index contributed by atoms with van der Waals surface area (Å²) in [7, 11) is 2.54. The number of amides is 1. The van der Waals surface area contributed by atoms with Crippen LogP contribution in [0, 0.1) is 5.92 Å². The van der Waals surface area contributed by atoms with Crippen molar-refractivity contribution in [2.45, 2.75) is 39.2 Å². The van der Waals surface area contributed by atoms with Gasteiger partial charge in [0, 0.05) is 6.42 Å². The van der Waals surface area contributed by atoms with Crippen molar-refractivity contribution in [3.63, 3.8) is 0 Å². The van der Waals surface area contributed by atoms with Crippen LogP contribution in [0.3, 0.4) is 0 Å². The molecule has 1 amide bonds. The van der Waals surface area contributed by atoms with Gasteiger partial charge in [-0.25, -0.2) is 4.79 Å². The Bertz CT molecular complexity index is 303. The minimum Gasteiger partial charge on any atom is -0.469 e. The Balaban J connectivity index is 4.36. The fourth-order valence-corrected chi connectivity index (χ4v) is 1.36. The minimum atomic E-state index is -0.676. The smallest absolute Gasteiger partial charge is 0.328 e. The third-order valence-electron chi connectivity index (χ3n) is 2.77. The molecule has 0 rings (SSSR count). The van der Waals surface area contributed by atoms with E-state index in [2.05, 4.69) is 14.8 Å². The van der Waals surface area contributed by atoms with Gasteiger partial charge in [0.1, 0.15) is 6.04 Å². The third kappa shape index (κ3) is 5.65. The molecular formula is C12H21NO5. The highest BCUT2D eigenvalue weighted by Gasteiger charge is 2.26. The van der Waals surface area contributed by atoms with Gasteiger partial charge in [-0.1, -0.05) is 20.3 Å². The lowest BCUT2D eigenvalue weighted by Gasteiger charge is -2.21. The molecule has 6 nitrogen and oxygen atoms in total. The highest BCUT2D eigenvalue weighted by molar-refractivity contribution is 5.86. The van der Waals surface area contributed by atoms with Gasteiger partial charge in [-0.2, -0.15) is 0 Å². The zero-order chi connectivity index (χ0) is 14.1. The Morgan fingerprint density at radius 3 is 2.17 bits per heavy atom. The molecule has 0 aliphatic carbocycles.